The summed E-state index contributed by atoms with van der Waals surface area (Å²) in [6, 6.07) is 5.73. The lowest BCUT2D eigenvalue weighted by Crippen LogP contribution is -2.44. The number of amides is 1. The van der Waals surface area contributed by atoms with Crippen LogP contribution in [0.3, 0.4) is 0 Å². The standard InChI is InChI=1S/C16H23BrN2O2/c1-21-11-12-13(17)6-5-7-14(12)19-15(20)10-16(18)8-3-2-4-9-16/h5-7H,2-4,8-11,18H2,1H3,(H,19,20). The van der Waals surface area contributed by atoms with Crippen LogP contribution in [0.2, 0.25) is 0 Å². The van der Waals surface area contributed by atoms with E-state index in [2.05, 4.69) is 21.2 Å². The van der Waals surface area contributed by atoms with Crippen LogP contribution in [-0.2, 0) is 16.1 Å². The number of hydrogen-bond donors (Lipinski definition) is 2. The summed E-state index contributed by atoms with van der Waals surface area (Å²) < 4.78 is 6.13. The van der Waals surface area contributed by atoms with Crippen LogP contribution in [0.15, 0.2) is 22.7 Å². The number of hydrogen-bond acceptors (Lipinski definition) is 3. The van der Waals surface area contributed by atoms with E-state index < -0.39 is 0 Å². The Morgan fingerprint density at radius 2 is 2.10 bits per heavy atom. The molecule has 4 nitrogen and oxygen atoms in total. The molecule has 1 aromatic rings. The Labute approximate surface area is 134 Å². The number of rotatable bonds is 5. The average Bonchev–Trinajstić information content (AvgIpc) is 2.43. The highest BCUT2D eigenvalue weighted by molar-refractivity contribution is 9.10. The van der Waals surface area contributed by atoms with Crippen molar-refractivity contribution >= 4 is 27.5 Å². The van der Waals surface area contributed by atoms with Crippen molar-refractivity contribution in [3.8, 4) is 0 Å². The van der Waals surface area contributed by atoms with Crippen molar-refractivity contribution in [3.63, 3.8) is 0 Å². The third-order valence-corrected chi connectivity index (χ3v) is 4.79. The van der Waals surface area contributed by atoms with Crippen LogP contribution in [0.5, 0.6) is 0 Å². The van der Waals surface area contributed by atoms with Crippen LogP contribution in [0, 0.1) is 0 Å². The SMILES string of the molecule is COCc1c(Br)cccc1NC(=O)CC1(N)CCCCC1. The summed E-state index contributed by atoms with van der Waals surface area (Å²) in [5.74, 6) is -0.0187. The van der Waals surface area contributed by atoms with Crippen LogP contribution < -0.4 is 11.1 Å². The molecule has 0 spiro atoms. The molecule has 0 heterocycles. The summed E-state index contributed by atoms with van der Waals surface area (Å²) in [6.07, 6.45) is 5.72. The zero-order valence-corrected chi connectivity index (χ0v) is 14.0. The van der Waals surface area contributed by atoms with Crippen LogP contribution in [0.25, 0.3) is 0 Å². The van der Waals surface area contributed by atoms with E-state index in [1.165, 1.54) is 6.42 Å². The molecular weight excluding hydrogens is 332 g/mol. The lowest BCUT2D eigenvalue weighted by molar-refractivity contribution is -0.117. The van der Waals surface area contributed by atoms with E-state index in [0.29, 0.717) is 13.0 Å². The summed E-state index contributed by atoms with van der Waals surface area (Å²) >= 11 is 3.49. The predicted octanol–water partition coefficient (Wildman–Crippen LogP) is 3.59. The lowest BCUT2D eigenvalue weighted by Gasteiger charge is -2.32. The number of ether oxygens (including phenoxy) is 1. The molecule has 1 amide bonds. The largest absolute Gasteiger partial charge is 0.380 e. The quantitative estimate of drug-likeness (QED) is 0.849. The molecule has 1 aliphatic rings. The fourth-order valence-electron chi connectivity index (χ4n) is 2.91. The van der Waals surface area contributed by atoms with Gasteiger partial charge in [0.1, 0.15) is 0 Å². The van der Waals surface area contributed by atoms with Crippen molar-refractivity contribution in [2.75, 3.05) is 12.4 Å². The molecule has 5 heteroatoms. The van der Waals surface area contributed by atoms with Gasteiger partial charge in [-0.2, -0.15) is 0 Å². The van der Waals surface area contributed by atoms with Crippen LogP contribution in [0.1, 0.15) is 44.1 Å². The highest BCUT2D eigenvalue weighted by Crippen LogP contribution is 2.30. The molecule has 0 aromatic heterocycles. The van der Waals surface area contributed by atoms with E-state index in [1.807, 2.05) is 18.2 Å². The van der Waals surface area contributed by atoms with E-state index in [-0.39, 0.29) is 11.4 Å². The molecule has 0 saturated heterocycles. The predicted molar refractivity (Wildman–Crippen MR) is 88.1 cm³/mol. The maximum absolute atomic E-state index is 12.3. The summed E-state index contributed by atoms with van der Waals surface area (Å²) in [7, 11) is 1.64. The highest BCUT2D eigenvalue weighted by Gasteiger charge is 2.30. The van der Waals surface area contributed by atoms with Gasteiger partial charge in [-0.1, -0.05) is 41.3 Å². The van der Waals surface area contributed by atoms with Crippen molar-refractivity contribution in [1.29, 1.82) is 0 Å². The first kappa shape index (κ1) is 16.5. The topological polar surface area (TPSA) is 64.3 Å². The van der Waals surface area contributed by atoms with Gasteiger partial charge in [0.25, 0.3) is 0 Å². The summed E-state index contributed by atoms with van der Waals surface area (Å²) in [5, 5.41) is 2.98. The second-order valence-electron chi connectivity index (χ2n) is 5.85. The Bertz CT molecular complexity index is 499. The minimum atomic E-state index is -0.338. The molecule has 1 fully saturated rings. The number of carbonyl (C=O) groups is 1. The number of anilines is 1. The second-order valence-corrected chi connectivity index (χ2v) is 6.70. The third kappa shape index (κ3) is 4.53. The molecule has 0 aliphatic heterocycles. The Kier molecular flexibility index (Phi) is 5.79. The lowest BCUT2D eigenvalue weighted by atomic mass is 9.80. The van der Waals surface area contributed by atoms with Crippen molar-refractivity contribution in [1.82, 2.24) is 0 Å². The second kappa shape index (κ2) is 7.38. The summed E-state index contributed by atoms with van der Waals surface area (Å²) in [4.78, 5) is 12.3. The van der Waals surface area contributed by atoms with E-state index in [4.69, 9.17) is 10.5 Å². The van der Waals surface area contributed by atoms with Gasteiger partial charge in [0.15, 0.2) is 0 Å². The maximum atomic E-state index is 12.3. The maximum Gasteiger partial charge on any atom is 0.226 e. The Morgan fingerprint density at radius 1 is 1.38 bits per heavy atom. The molecule has 0 atom stereocenters. The van der Waals surface area contributed by atoms with Crippen molar-refractivity contribution < 1.29 is 9.53 Å². The number of nitrogens with two attached hydrogens (primary N) is 1. The molecule has 21 heavy (non-hydrogen) atoms. The van der Waals surface area contributed by atoms with Crippen LogP contribution in [-0.4, -0.2) is 18.6 Å². The van der Waals surface area contributed by atoms with Crippen molar-refractivity contribution in [2.24, 2.45) is 5.73 Å². The molecule has 1 aromatic carbocycles. The first-order valence-electron chi connectivity index (χ1n) is 7.39. The average molecular weight is 355 g/mol. The van der Waals surface area contributed by atoms with Gasteiger partial charge < -0.3 is 15.8 Å². The minimum Gasteiger partial charge on any atom is -0.380 e. The fraction of sp³-hybridized carbons (Fsp3) is 0.562. The summed E-state index contributed by atoms with van der Waals surface area (Å²) in [5.41, 5.74) is 7.74. The van der Waals surface area contributed by atoms with E-state index in [9.17, 15) is 4.79 Å². The minimum absolute atomic E-state index is 0.0187. The number of halogens is 1. The first-order valence-corrected chi connectivity index (χ1v) is 8.18. The van der Waals surface area contributed by atoms with Crippen LogP contribution in [0.4, 0.5) is 5.69 Å². The van der Waals surface area contributed by atoms with Gasteiger partial charge in [0, 0.05) is 34.8 Å². The van der Waals surface area contributed by atoms with Gasteiger partial charge in [-0.05, 0) is 25.0 Å². The van der Waals surface area contributed by atoms with Crippen molar-refractivity contribution in [3.05, 3.63) is 28.2 Å². The molecule has 0 radical (unpaired) electrons. The van der Waals surface area contributed by atoms with Crippen molar-refractivity contribution in [2.45, 2.75) is 50.7 Å². The van der Waals surface area contributed by atoms with Crippen LogP contribution >= 0.6 is 15.9 Å². The normalized spacial score (nSPS) is 17.5. The molecule has 116 valence electrons. The monoisotopic (exact) mass is 354 g/mol. The fourth-order valence-corrected chi connectivity index (χ4v) is 3.39. The molecule has 3 N–H and O–H groups in total. The molecule has 0 unspecified atom stereocenters. The molecular formula is C16H23BrN2O2. The van der Waals surface area contributed by atoms with Gasteiger partial charge >= 0.3 is 0 Å². The zero-order valence-electron chi connectivity index (χ0n) is 12.5. The third-order valence-electron chi connectivity index (χ3n) is 4.04. The summed E-state index contributed by atoms with van der Waals surface area (Å²) in [6.45, 7) is 0.449. The van der Waals surface area contributed by atoms with E-state index >= 15 is 0 Å². The van der Waals surface area contributed by atoms with E-state index in [0.717, 1.165) is 41.4 Å². The molecule has 2 rings (SSSR count). The highest BCUT2D eigenvalue weighted by atomic mass is 79.9. The Hall–Kier alpha value is -0.910. The number of benzene rings is 1. The van der Waals surface area contributed by atoms with Gasteiger partial charge in [-0.3, -0.25) is 4.79 Å². The van der Waals surface area contributed by atoms with Gasteiger partial charge in [0.05, 0.1) is 6.61 Å². The number of carbonyl (C=O) groups excluding carboxylic acids is 1. The van der Waals surface area contributed by atoms with Gasteiger partial charge in [-0.25, -0.2) is 0 Å². The molecule has 1 aliphatic carbocycles. The zero-order chi connectivity index (χ0) is 15.3. The number of methoxy groups -OCH3 is 1. The Balaban J connectivity index is 2.04. The number of nitrogens with one attached hydrogen (secondary N) is 1. The first-order chi connectivity index (χ1) is 10.0. The molecule has 1 saturated carbocycles. The van der Waals surface area contributed by atoms with Gasteiger partial charge in [-0.15, -0.1) is 0 Å². The smallest absolute Gasteiger partial charge is 0.226 e. The Morgan fingerprint density at radius 3 is 2.76 bits per heavy atom. The molecule has 0 bridgehead atoms. The van der Waals surface area contributed by atoms with E-state index in [1.54, 1.807) is 7.11 Å². The van der Waals surface area contributed by atoms with Gasteiger partial charge in [0.2, 0.25) is 5.91 Å².